The number of aryl methyl sites for hydroxylation is 2. The Hall–Kier alpha value is -1.82. The molecule has 1 amide bonds. The zero-order valence-corrected chi connectivity index (χ0v) is 12.3. The first-order chi connectivity index (χ1) is 9.58. The lowest BCUT2D eigenvalue weighted by Crippen LogP contribution is -2.32. The van der Waals surface area contributed by atoms with Gasteiger partial charge in [0, 0.05) is 31.2 Å². The van der Waals surface area contributed by atoms with E-state index in [0.29, 0.717) is 11.6 Å². The molecule has 0 aromatic carbocycles. The lowest BCUT2D eigenvalue weighted by Gasteiger charge is -2.12. The van der Waals surface area contributed by atoms with Crippen LogP contribution < -0.4 is 5.32 Å². The summed E-state index contributed by atoms with van der Waals surface area (Å²) in [6.45, 7) is 5.20. The van der Waals surface area contributed by atoms with Gasteiger partial charge in [0.15, 0.2) is 0 Å². The van der Waals surface area contributed by atoms with Crippen LogP contribution in [0, 0.1) is 6.92 Å². The molecule has 20 heavy (non-hydrogen) atoms. The maximum Gasteiger partial charge on any atom is 0.244 e. The maximum atomic E-state index is 11.9. The van der Waals surface area contributed by atoms with Gasteiger partial charge in [0.1, 0.15) is 6.04 Å². The molecule has 0 aliphatic heterocycles. The van der Waals surface area contributed by atoms with Crippen molar-refractivity contribution in [1.82, 2.24) is 24.9 Å². The summed E-state index contributed by atoms with van der Waals surface area (Å²) >= 11 is 5.78. The van der Waals surface area contributed by atoms with Crippen molar-refractivity contribution in [3.63, 3.8) is 0 Å². The van der Waals surface area contributed by atoms with Gasteiger partial charge in [-0.05, 0) is 26.3 Å². The minimum absolute atomic E-state index is 0.0676. The van der Waals surface area contributed by atoms with Gasteiger partial charge in [0.05, 0.1) is 11.2 Å². The Labute approximate surface area is 122 Å². The molecule has 108 valence electrons. The van der Waals surface area contributed by atoms with Crippen molar-refractivity contribution >= 4 is 17.5 Å². The highest BCUT2D eigenvalue weighted by Gasteiger charge is 2.14. The van der Waals surface area contributed by atoms with E-state index in [1.54, 1.807) is 24.0 Å². The molecule has 6 nitrogen and oxygen atoms in total. The predicted molar refractivity (Wildman–Crippen MR) is 76.5 cm³/mol. The monoisotopic (exact) mass is 295 g/mol. The van der Waals surface area contributed by atoms with Gasteiger partial charge in [0.25, 0.3) is 0 Å². The van der Waals surface area contributed by atoms with Gasteiger partial charge in [-0.1, -0.05) is 11.6 Å². The van der Waals surface area contributed by atoms with Gasteiger partial charge in [-0.2, -0.15) is 10.2 Å². The Morgan fingerprint density at radius 1 is 1.50 bits per heavy atom. The molecule has 0 saturated carbocycles. The third kappa shape index (κ3) is 3.60. The summed E-state index contributed by atoms with van der Waals surface area (Å²) in [5.74, 6) is -0.0676. The summed E-state index contributed by atoms with van der Waals surface area (Å²) in [5, 5.41) is 11.6. The first kappa shape index (κ1) is 14.6. The molecular formula is C13H18ClN5O. The van der Waals surface area contributed by atoms with Crippen LogP contribution >= 0.6 is 11.6 Å². The third-order valence-corrected chi connectivity index (χ3v) is 3.32. The van der Waals surface area contributed by atoms with Gasteiger partial charge in [-0.15, -0.1) is 0 Å². The number of hydrogen-bond acceptors (Lipinski definition) is 3. The highest BCUT2D eigenvalue weighted by Crippen LogP contribution is 2.10. The second-order valence-corrected chi connectivity index (χ2v) is 5.09. The van der Waals surface area contributed by atoms with Crippen molar-refractivity contribution in [3.05, 3.63) is 35.4 Å². The lowest BCUT2D eigenvalue weighted by molar-refractivity contribution is -0.124. The van der Waals surface area contributed by atoms with E-state index in [1.165, 1.54) is 6.20 Å². The first-order valence-corrected chi connectivity index (χ1v) is 6.91. The van der Waals surface area contributed by atoms with Crippen molar-refractivity contribution in [2.45, 2.75) is 32.9 Å². The number of aromatic nitrogens is 4. The average Bonchev–Trinajstić information content (AvgIpc) is 3.03. The van der Waals surface area contributed by atoms with Crippen LogP contribution in [0.15, 0.2) is 24.7 Å². The lowest BCUT2D eigenvalue weighted by atomic mass is 10.3. The summed E-state index contributed by atoms with van der Waals surface area (Å²) < 4.78 is 3.47. The molecule has 1 atom stereocenters. The Balaban J connectivity index is 1.74. The van der Waals surface area contributed by atoms with Gasteiger partial charge >= 0.3 is 0 Å². The number of nitrogens with one attached hydrogen (secondary N) is 1. The number of carbonyl (C=O) groups excluding carboxylic acids is 1. The first-order valence-electron chi connectivity index (χ1n) is 6.53. The van der Waals surface area contributed by atoms with Crippen LogP contribution in [0.25, 0.3) is 0 Å². The molecule has 0 spiro atoms. The standard InChI is InChI=1S/C13H18ClN5O/c1-10-4-6-16-18(10)7-3-5-15-13(20)11(2)19-9-12(14)8-17-19/h4,6,8-9,11H,3,5,7H2,1-2H3,(H,15,20). The fourth-order valence-electron chi connectivity index (χ4n) is 1.87. The second kappa shape index (κ2) is 6.56. The van der Waals surface area contributed by atoms with Gasteiger partial charge in [-0.3, -0.25) is 14.2 Å². The average molecular weight is 296 g/mol. The highest BCUT2D eigenvalue weighted by atomic mass is 35.5. The maximum absolute atomic E-state index is 11.9. The molecule has 2 aromatic heterocycles. The molecule has 2 rings (SSSR count). The Kier molecular flexibility index (Phi) is 4.79. The quantitative estimate of drug-likeness (QED) is 0.827. The van der Waals surface area contributed by atoms with Gasteiger partial charge < -0.3 is 5.32 Å². The fourth-order valence-corrected chi connectivity index (χ4v) is 2.01. The molecule has 0 saturated heterocycles. The number of nitrogens with zero attached hydrogens (tertiary/aromatic N) is 4. The van der Waals surface area contributed by atoms with E-state index in [-0.39, 0.29) is 11.9 Å². The van der Waals surface area contributed by atoms with Crippen LogP contribution in [0.1, 0.15) is 25.1 Å². The van der Waals surface area contributed by atoms with Crippen molar-refractivity contribution in [1.29, 1.82) is 0 Å². The van der Waals surface area contributed by atoms with Crippen LogP contribution in [0.4, 0.5) is 0 Å². The normalized spacial score (nSPS) is 12.3. The molecule has 2 heterocycles. The van der Waals surface area contributed by atoms with Crippen molar-refractivity contribution in [2.24, 2.45) is 0 Å². The van der Waals surface area contributed by atoms with Crippen molar-refractivity contribution < 1.29 is 4.79 Å². The SMILES string of the molecule is Cc1ccnn1CCCNC(=O)C(C)n1cc(Cl)cn1. The van der Waals surface area contributed by atoms with Crippen LogP contribution in [0.3, 0.4) is 0 Å². The van der Waals surface area contributed by atoms with Gasteiger partial charge in [-0.25, -0.2) is 0 Å². The van der Waals surface area contributed by atoms with Crippen LogP contribution in [-0.4, -0.2) is 32.0 Å². The second-order valence-electron chi connectivity index (χ2n) is 4.65. The summed E-state index contributed by atoms with van der Waals surface area (Å²) in [6, 6.07) is 1.59. The molecule has 1 N–H and O–H groups in total. The highest BCUT2D eigenvalue weighted by molar-refractivity contribution is 6.30. The van der Waals surface area contributed by atoms with Gasteiger partial charge in [0.2, 0.25) is 5.91 Å². The van der Waals surface area contributed by atoms with Crippen molar-refractivity contribution in [3.8, 4) is 0 Å². The molecule has 0 radical (unpaired) electrons. The minimum Gasteiger partial charge on any atom is -0.354 e. The zero-order valence-electron chi connectivity index (χ0n) is 11.6. The molecular weight excluding hydrogens is 278 g/mol. The Morgan fingerprint density at radius 3 is 2.90 bits per heavy atom. The topological polar surface area (TPSA) is 64.7 Å². The largest absolute Gasteiger partial charge is 0.354 e. The predicted octanol–water partition coefficient (Wildman–Crippen LogP) is 1.81. The van der Waals surface area contributed by atoms with Crippen LogP contribution in [0.5, 0.6) is 0 Å². The summed E-state index contributed by atoms with van der Waals surface area (Å²) in [4.78, 5) is 11.9. The molecule has 7 heteroatoms. The van der Waals surface area contributed by atoms with E-state index in [0.717, 1.165) is 18.7 Å². The third-order valence-electron chi connectivity index (χ3n) is 3.12. The molecule has 1 unspecified atom stereocenters. The van der Waals surface area contributed by atoms with E-state index in [1.807, 2.05) is 17.7 Å². The Morgan fingerprint density at radius 2 is 2.30 bits per heavy atom. The van der Waals surface area contributed by atoms with Crippen molar-refractivity contribution in [2.75, 3.05) is 6.54 Å². The zero-order chi connectivity index (χ0) is 14.5. The minimum atomic E-state index is -0.367. The van der Waals surface area contributed by atoms with E-state index >= 15 is 0 Å². The number of carbonyl (C=O) groups is 1. The van der Waals surface area contributed by atoms with E-state index in [9.17, 15) is 4.79 Å². The number of amides is 1. The van der Waals surface area contributed by atoms with E-state index < -0.39 is 0 Å². The summed E-state index contributed by atoms with van der Waals surface area (Å²) in [5.41, 5.74) is 1.12. The smallest absolute Gasteiger partial charge is 0.244 e. The van der Waals surface area contributed by atoms with Crippen LogP contribution in [0.2, 0.25) is 5.02 Å². The molecule has 2 aromatic rings. The number of hydrogen-bond donors (Lipinski definition) is 1. The fraction of sp³-hybridized carbons (Fsp3) is 0.462. The van der Waals surface area contributed by atoms with Crippen LogP contribution in [-0.2, 0) is 11.3 Å². The Bertz CT molecular complexity index is 577. The summed E-state index contributed by atoms with van der Waals surface area (Å²) in [6.07, 6.45) is 5.77. The molecule has 0 bridgehead atoms. The van der Waals surface area contributed by atoms with E-state index in [2.05, 4.69) is 15.5 Å². The molecule has 0 aliphatic carbocycles. The molecule has 0 aliphatic rings. The number of rotatable bonds is 6. The molecule has 0 fully saturated rings. The summed E-state index contributed by atoms with van der Waals surface area (Å²) in [7, 11) is 0. The number of halogens is 1. The van der Waals surface area contributed by atoms with E-state index in [4.69, 9.17) is 11.6 Å².